The third kappa shape index (κ3) is 3.72. The van der Waals surface area contributed by atoms with Gasteiger partial charge in [0.2, 0.25) is 5.91 Å². The molecule has 1 saturated heterocycles. The Hall–Kier alpha value is -2.33. The van der Waals surface area contributed by atoms with Gasteiger partial charge in [-0.25, -0.2) is 0 Å². The molecule has 2 aromatic rings. The number of amides is 1. The fourth-order valence-electron chi connectivity index (χ4n) is 4.49. The van der Waals surface area contributed by atoms with E-state index in [-0.39, 0.29) is 11.3 Å². The second kappa shape index (κ2) is 7.73. The van der Waals surface area contributed by atoms with Crippen molar-refractivity contribution in [2.45, 2.75) is 31.1 Å². The minimum atomic E-state index is -0.0224. The summed E-state index contributed by atoms with van der Waals surface area (Å²) >= 11 is 0. The molecule has 0 saturated carbocycles. The molecule has 1 fully saturated rings. The summed E-state index contributed by atoms with van der Waals surface area (Å²) in [5.74, 6) is 0.570. The third-order valence-corrected chi connectivity index (χ3v) is 6.10. The van der Waals surface area contributed by atoms with Gasteiger partial charge in [0.15, 0.2) is 0 Å². The second-order valence-electron chi connectivity index (χ2n) is 7.88. The van der Waals surface area contributed by atoms with Crippen molar-refractivity contribution in [2.24, 2.45) is 0 Å². The van der Waals surface area contributed by atoms with Gasteiger partial charge in [-0.1, -0.05) is 55.5 Å². The molecular weight excluding hydrogens is 336 g/mol. The van der Waals surface area contributed by atoms with Crippen molar-refractivity contribution in [3.63, 3.8) is 0 Å². The lowest BCUT2D eigenvalue weighted by Gasteiger charge is -2.38. The molecule has 2 aliphatic heterocycles. The standard InChI is InChI=1S/C23H28N2O2/c1-18-15-25(21-10-6-5-9-20(18)21)16-22(26)24-17-23(11-13-27-14-12-23)19-7-3-2-4-8-19/h2-10,18H,11-17H2,1H3,(H,24,26). The van der Waals surface area contributed by atoms with Crippen LogP contribution in [0.1, 0.15) is 36.8 Å². The molecule has 142 valence electrons. The van der Waals surface area contributed by atoms with E-state index in [0.29, 0.717) is 19.0 Å². The van der Waals surface area contributed by atoms with E-state index >= 15 is 0 Å². The molecule has 4 rings (SSSR count). The maximum Gasteiger partial charge on any atom is 0.239 e. The van der Waals surface area contributed by atoms with Crippen LogP contribution in [-0.2, 0) is 14.9 Å². The van der Waals surface area contributed by atoms with Crippen molar-refractivity contribution >= 4 is 11.6 Å². The van der Waals surface area contributed by atoms with Crippen LogP contribution in [0.3, 0.4) is 0 Å². The predicted octanol–water partition coefficient (Wildman–Crippen LogP) is 3.47. The number of hydrogen-bond acceptors (Lipinski definition) is 3. The zero-order valence-corrected chi connectivity index (χ0v) is 16.0. The molecule has 0 bridgehead atoms. The van der Waals surface area contributed by atoms with Crippen LogP contribution in [0.4, 0.5) is 5.69 Å². The lowest BCUT2D eigenvalue weighted by Crippen LogP contribution is -2.47. The summed E-state index contributed by atoms with van der Waals surface area (Å²) in [4.78, 5) is 15.0. The van der Waals surface area contributed by atoms with Crippen molar-refractivity contribution in [3.8, 4) is 0 Å². The number of ether oxygens (including phenoxy) is 1. The summed E-state index contributed by atoms with van der Waals surface area (Å²) in [6.45, 7) is 5.73. The van der Waals surface area contributed by atoms with Crippen LogP contribution in [-0.4, -0.2) is 38.8 Å². The molecule has 0 aliphatic carbocycles. The summed E-state index contributed by atoms with van der Waals surface area (Å²) in [6.07, 6.45) is 1.89. The van der Waals surface area contributed by atoms with Crippen LogP contribution in [0.25, 0.3) is 0 Å². The van der Waals surface area contributed by atoms with Gasteiger partial charge in [0.05, 0.1) is 6.54 Å². The Morgan fingerprint density at radius 1 is 1.11 bits per heavy atom. The maximum absolute atomic E-state index is 12.7. The molecule has 4 heteroatoms. The summed E-state index contributed by atoms with van der Waals surface area (Å²) in [5.41, 5.74) is 3.82. The topological polar surface area (TPSA) is 41.6 Å². The Bertz CT molecular complexity index is 784. The van der Waals surface area contributed by atoms with E-state index in [1.165, 1.54) is 16.8 Å². The Morgan fingerprint density at radius 3 is 2.59 bits per heavy atom. The first kappa shape index (κ1) is 18.1. The quantitative estimate of drug-likeness (QED) is 0.883. The summed E-state index contributed by atoms with van der Waals surface area (Å²) in [7, 11) is 0. The van der Waals surface area contributed by atoms with Crippen LogP contribution in [0.5, 0.6) is 0 Å². The highest BCUT2D eigenvalue weighted by Crippen LogP contribution is 2.36. The van der Waals surface area contributed by atoms with Gasteiger partial charge in [0.1, 0.15) is 0 Å². The van der Waals surface area contributed by atoms with Crippen molar-refractivity contribution in [3.05, 3.63) is 65.7 Å². The molecule has 27 heavy (non-hydrogen) atoms. The summed E-state index contributed by atoms with van der Waals surface area (Å²) in [6, 6.07) is 19.0. The lowest BCUT2D eigenvalue weighted by atomic mass is 9.74. The van der Waals surface area contributed by atoms with Gasteiger partial charge < -0.3 is 15.0 Å². The van der Waals surface area contributed by atoms with Gasteiger partial charge >= 0.3 is 0 Å². The van der Waals surface area contributed by atoms with Gasteiger partial charge in [-0.2, -0.15) is 0 Å². The Morgan fingerprint density at radius 2 is 1.81 bits per heavy atom. The van der Waals surface area contributed by atoms with Crippen molar-refractivity contribution in [2.75, 3.05) is 37.7 Å². The molecule has 2 aliphatic rings. The summed E-state index contributed by atoms with van der Waals surface area (Å²) < 4.78 is 5.59. The average molecular weight is 364 g/mol. The summed E-state index contributed by atoms with van der Waals surface area (Å²) in [5, 5.41) is 3.23. The molecule has 4 nitrogen and oxygen atoms in total. The fourth-order valence-corrected chi connectivity index (χ4v) is 4.49. The third-order valence-electron chi connectivity index (χ3n) is 6.10. The Kier molecular flexibility index (Phi) is 5.17. The van der Waals surface area contributed by atoms with Crippen LogP contribution >= 0.6 is 0 Å². The van der Waals surface area contributed by atoms with Crippen LogP contribution in [0.2, 0.25) is 0 Å². The molecule has 1 atom stereocenters. The number of hydrogen-bond donors (Lipinski definition) is 1. The molecule has 2 heterocycles. The average Bonchev–Trinajstić information content (AvgIpc) is 3.03. The largest absolute Gasteiger partial charge is 0.381 e. The zero-order valence-electron chi connectivity index (χ0n) is 16.0. The number of nitrogens with zero attached hydrogens (tertiary/aromatic N) is 1. The molecule has 0 radical (unpaired) electrons. The fraction of sp³-hybridized carbons (Fsp3) is 0.435. The van der Waals surface area contributed by atoms with Gasteiger partial charge in [-0.15, -0.1) is 0 Å². The minimum absolute atomic E-state index is 0.0224. The highest BCUT2D eigenvalue weighted by molar-refractivity contribution is 5.82. The Balaban J connectivity index is 1.42. The van der Waals surface area contributed by atoms with E-state index in [2.05, 4.69) is 59.6 Å². The smallest absolute Gasteiger partial charge is 0.239 e. The van der Waals surface area contributed by atoms with E-state index < -0.39 is 0 Å². The van der Waals surface area contributed by atoms with Gasteiger partial charge in [0, 0.05) is 43.3 Å². The highest BCUT2D eigenvalue weighted by Gasteiger charge is 2.35. The molecule has 1 amide bonds. The van der Waals surface area contributed by atoms with Gasteiger partial charge in [-0.3, -0.25) is 4.79 Å². The Labute approximate surface area is 161 Å². The van der Waals surface area contributed by atoms with Crippen molar-refractivity contribution < 1.29 is 9.53 Å². The van der Waals surface area contributed by atoms with Gasteiger partial charge in [-0.05, 0) is 30.0 Å². The number of carbonyl (C=O) groups is 1. The van der Waals surface area contributed by atoms with E-state index in [4.69, 9.17) is 4.74 Å². The SMILES string of the molecule is CC1CN(CC(=O)NCC2(c3ccccc3)CCOCC2)c2ccccc21. The number of benzene rings is 2. The predicted molar refractivity (Wildman–Crippen MR) is 108 cm³/mol. The van der Waals surface area contributed by atoms with E-state index in [1.54, 1.807) is 0 Å². The van der Waals surface area contributed by atoms with Crippen LogP contribution < -0.4 is 10.2 Å². The molecule has 0 aromatic heterocycles. The highest BCUT2D eigenvalue weighted by atomic mass is 16.5. The monoisotopic (exact) mass is 364 g/mol. The van der Waals surface area contributed by atoms with Gasteiger partial charge in [0.25, 0.3) is 0 Å². The number of nitrogens with one attached hydrogen (secondary N) is 1. The number of fused-ring (bicyclic) bond motifs is 1. The minimum Gasteiger partial charge on any atom is -0.381 e. The van der Waals surface area contributed by atoms with Crippen LogP contribution in [0.15, 0.2) is 54.6 Å². The molecular formula is C23H28N2O2. The molecule has 0 spiro atoms. The maximum atomic E-state index is 12.7. The second-order valence-corrected chi connectivity index (χ2v) is 7.88. The normalized spacial score (nSPS) is 20.9. The van der Waals surface area contributed by atoms with E-state index in [0.717, 1.165) is 32.6 Å². The first-order valence-corrected chi connectivity index (χ1v) is 9.92. The number of anilines is 1. The number of para-hydroxylation sites is 1. The molecule has 1 unspecified atom stereocenters. The number of carbonyl (C=O) groups excluding carboxylic acids is 1. The first-order chi connectivity index (χ1) is 13.2. The number of rotatable bonds is 5. The van der Waals surface area contributed by atoms with E-state index in [1.807, 2.05) is 12.1 Å². The van der Waals surface area contributed by atoms with Crippen LogP contribution in [0, 0.1) is 0 Å². The van der Waals surface area contributed by atoms with Crippen molar-refractivity contribution in [1.82, 2.24) is 5.32 Å². The van der Waals surface area contributed by atoms with Crippen molar-refractivity contribution in [1.29, 1.82) is 0 Å². The lowest BCUT2D eigenvalue weighted by molar-refractivity contribution is -0.120. The molecule has 1 N–H and O–H groups in total. The zero-order chi connectivity index (χ0) is 18.7. The molecule has 2 aromatic carbocycles. The first-order valence-electron chi connectivity index (χ1n) is 9.92. The van der Waals surface area contributed by atoms with E-state index in [9.17, 15) is 4.79 Å².